The minimum Gasteiger partial charge on any atom is -0.405 e. The second-order valence-corrected chi connectivity index (χ2v) is 11.3. The summed E-state index contributed by atoms with van der Waals surface area (Å²) in [4.78, 5) is 5.11. The number of benzene rings is 3. The molecule has 0 aliphatic carbocycles. The van der Waals surface area contributed by atoms with Gasteiger partial charge in [0.1, 0.15) is 18.3 Å². The van der Waals surface area contributed by atoms with E-state index in [0.29, 0.717) is 23.4 Å². The molecule has 6 heteroatoms. The Morgan fingerprint density at radius 3 is 2.12 bits per heavy atom. The molecule has 0 unspecified atom stereocenters. The van der Waals surface area contributed by atoms with Crippen LogP contribution in [0.1, 0.15) is 36.5 Å². The van der Waals surface area contributed by atoms with Crippen molar-refractivity contribution in [2.75, 3.05) is 0 Å². The second-order valence-electron chi connectivity index (χ2n) is 11.3. The molecule has 0 saturated carbocycles. The number of rotatable bonds is 5. The average Bonchev–Trinajstić information content (AvgIpc) is 3.29. The van der Waals surface area contributed by atoms with Crippen LogP contribution in [0.3, 0.4) is 0 Å². The zero-order valence-corrected chi connectivity index (χ0v) is 24.8. The first-order valence-electron chi connectivity index (χ1n) is 14.4. The van der Waals surface area contributed by atoms with Crippen molar-refractivity contribution in [1.82, 2.24) is 9.38 Å². The number of para-hydroxylation sites is 3. The minimum absolute atomic E-state index is 0.345. The van der Waals surface area contributed by atoms with Crippen LogP contribution in [0.25, 0.3) is 38.5 Å². The summed E-state index contributed by atoms with van der Waals surface area (Å²) in [5.41, 5.74) is 8.97. The number of hydrogen-bond donors (Lipinski definition) is 0. The molecule has 7 rings (SSSR count). The summed E-state index contributed by atoms with van der Waals surface area (Å²) in [5, 5.41) is 2.27. The van der Waals surface area contributed by atoms with Crippen molar-refractivity contribution in [3.63, 3.8) is 0 Å². The summed E-state index contributed by atoms with van der Waals surface area (Å²) in [7, 11) is 4.09. The SMILES string of the molecule is Cc1ccccc1Oc1cccc(Oc2cnc3c4c(C(C)C)cccc4n4c5ccccc5[n+](C)c4c3c2C)[n+]1C. The monoisotopic (exact) mass is 554 g/mol. The summed E-state index contributed by atoms with van der Waals surface area (Å²) in [6.45, 7) is 8.66. The van der Waals surface area contributed by atoms with Crippen LogP contribution < -0.4 is 18.6 Å². The maximum atomic E-state index is 6.61. The smallest absolute Gasteiger partial charge is 0.376 e. The quantitative estimate of drug-likeness (QED) is 0.161. The Balaban J connectivity index is 1.47. The number of ether oxygens (including phenoxy) is 2. The normalized spacial score (nSPS) is 11.8. The first kappa shape index (κ1) is 26.0. The highest BCUT2D eigenvalue weighted by Gasteiger charge is 2.28. The number of aryl methyl sites for hydroxylation is 3. The molecule has 0 aliphatic heterocycles. The number of fused-ring (bicyclic) bond motifs is 8. The van der Waals surface area contributed by atoms with Crippen LogP contribution in [0.2, 0.25) is 0 Å². The van der Waals surface area contributed by atoms with E-state index in [1.54, 1.807) is 0 Å². The van der Waals surface area contributed by atoms with Gasteiger partial charge in [-0.05, 0) is 61.2 Å². The number of nitrogens with zero attached hydrogens (tertiary/aromatic N) is 4. The predicted molar refractivity (Wildman–Crippen MR) is 167 cm³/mol. The van der Waals surface area contributed by atoms with Gasteiger partial charge in [-0.2, -0.15) is 4.40 Å². The molecule has 0 aliphatic rings. The maximum absolute atomic E-state index is 6.61. The molecule has 4 aromatic heterocycles. The van der Waals surface area contributed by atoms with Gasteiger partial charge in [-0.25, -0.2) is 4.57 Å². The number of pyridine rings is 3. The lowest BCUT2D eigenvalue weighted by Gasteiger charge is -2.14. The van der Waals surface area contributed by atoms with Gasteiger partial charge in [-0.3, -0.25) is 4.98 Å². The molecule has 42 heavy (non-hydrogen) atoms. The first-order chi connectivity index (χ1) is 20.3. The average molecular weight is 555 g/mol. The van der Waals surface area contributed by atoms with E-state index in [1.807, 2.05) is 67.2 Å². The summed E-state index contributed by atoms with van der Waals surface area (Å²) >= 11 is 0. The Morgan fingerprint density at radius 1 is 0.690 bits per heavy atom. The van der Waals surface area contributed by atoms with Crippen molar-refractivity contribution in [3.05, 3.63) is 108 Å². The molecule has 0 atom stereocenters. The highest BCUT2D eigenvalue weighted by atomic mass is 16.5. The third kappa shape index (κ3) is 3.90. The molecule has 4 heterocycles. The topological polar surface area (TPSA) is 43.5 Å². The van der Waals surface area contributed by atoms with Crippen LogP contribution in [0.15, 0.2) is 91.1 Å². The Labute approximate surface area is 245 Å². The van der Waals surface area contributed by atoms with Crippen LogP contribution in [0, 0.1) is 13.8 Å². The van der Waals surface area contributed by atoms with E-state index in [4.69, 9.17) is 14.5 Å². The van der Waals surface area contributed by atoms with Crippen LogP contribution in [0.4, 0.5) is 0 Å². The van der Waals surface area contributed by atoms with Crippen LogP contribution >= 0.6 is 0 Å². The van der Waals surface area contributed by atoms with E-state index in [9.17, 15) is 0 Å². The van der Waals surface area contributed by atoms with E-state index < -0.39 is 0 Å². The third-order valence-corrected chi connectivity index (χ3v) is 8.37. The summed E-state index contributed by atoms with van der Waals surface area (Å²) in [5.74, 6) is 3.22. The van der Waals surface area contributed by atoms with E-state index in [2.05, 4.69) is 79.3 Å². The Bertz CT molecular complexity index is 2180. The highest BCUT2D eigenvalue weighted by molar-refractivity contribution is 6.13. The van der Waals surface area contributed by atoms with Crippen LogP contribution in [-0.2, 0) is 14.1 Å². The van der Waals surface area contributed by atoms with Gasteiger partial charge < -0.3 is 9.47 Å². The van der Waals surface area contributed by atoms with Crippen molar-refractivity contribution in [2.24, 2.45) is 14.1 Å². The van der Waals surface area contributed by atoms with Crippen molar-refractivity contribution < 1.29 is 18.6 Å². The number of hydrogen-bond acceptors (Lipinski definition) is 3. The van der Waals surface area contributed by atoms with Crippen LogP contribution in [-0.4, -0.2) is 9.38 Å². The zero-order valence-electron chi connectivity index (χ0n) is 24.8. The lowest BCUT2D eigenvalue weighted by molar-refractivity contribution is -0.680. The summed E-state index contributed by atoms with van der Waals surface area (Å²) < 4.78 is 19.5. The fourth-order valence-electron chi connectivity index (χ4n) is 6.12. The molecule has 0 fully saturated rings. The molecule has 0 spiro atoms. The van der Waals surface area contributed by atoms with E-state index >= 15 is 0 Å². The number of aromatic nitrogens is 4. The zero-order chi connectivity index (χ0) is 29.1. The van der Waals surface area contributed by atoms with Gasteiger partial charge in [0, 0.05) is 5.56 Å². The molecular formula is C36H34N4O2+2. The predicted octanol–water partition coefficient (Wildman–Crippen LogP) is 7.77. The second kappa shape index (κ2) is 9.84. The Kier molecular flexibility index (Phi) is 6.08. The van der Waals surface area contributed by atoms with Gasteiger partial charge in [0.05, 0.1) is 41.7 Å². The largest absolute Gasteiger partial charge is 0.405 e. The summed E-state index contributed by atoms with van der Waals surface area (Å²) in [6.07, 6.45) is 1.86. The molecule has 0 N–H and O–H groups in total. The van der Waals surface area contributed by atoms with E-state index in [1.165, 1.54) is 22.0 Å². The molecule has 0 amide bonds. The Hall–Kier alpha value is -4.97. The molecular weight excluding hydrogens is 520 g/mol. The van der Waals surface area contributed by atoms with Gasteiger partial charge in [0.25, 0.3) is 5.65 Å². The first-order valence-corrected chi connectivity index (χ1v) is 14.4. The fourth-order valence-corrected chi connectivity index (χ4v) is 6.12. The minimum atomic E-state index is 0.345. The highest BCUT2D eigenvalue weighted by Crippen LogP contribution is 2.39. The molecule has 3 aromatic carbocycles. The van der Waals surface area contributed by atoms with Gasteiger partial charge in [-0.15, -0.1) is 4.57 Å². The Morgan fingerprint density at radius 2 is 1.36 bits per heavy atom. The molecule has 7 aromatic rings. The van der Waals surface area contributed by atoms with Crippen molar-refractivity contribution in [3.8, 4) is 23.3 Å². The summed E-state index contributed by atoms with van der Waals surface area (Å²) in [6, 6.07) is 29.0. The number of imidazole rings is 1. The van der Waals surface area contributed by atoms with Crippen molar-refractivity contribution in [1.29, 1.82) is 0 Å². The van der Waals surface area contributed by atoms with E-state index in [-0.39, 0.29) is 0 Å². The standard InChI is InChI=1S/C36H34N4O2/c1-22(2)25-14-11-17-28-34(25)35-33(36-38(5)26-15-8-9-16-27(26)40(28)36)24(4)30(21-37-35)42-32-20-12-19-31(39(32)6)41-29-18-10-7-13-23(29)3/h7-22H,1-6H3/q+2. The van der Waals surface area contributed by atoms with Crippen LogP contribution in [0.5, 0.6) is 23.3 Å². The molecule has 6 nitrogen and oxygen atoms in total. The van der Waals surface area contributed by atoms with Crippen molar-refractivity contribution in [2.45, 2.75) is 33.6 Å². The molecule has 0 radical (unpaired) electrons. The fraction of sp³-hybridized carbons (Fsp3) is 0.194. The van der Waals surface area contributed by atoms with Gasteiger partial charge in [-0.1, -0.05) is 56.3 Å². The third-order valence-electron chi connectivity index (χ3n) is 8.37. The lowest BCUT2D eigenvalue weighted by Crippen LogP contribution is -2.31. The molecule has 0 saturated heterocycles. The van der Waals surface area contributed by atoms with Gasteiger partial charge in [0.2, 0.25) is 0 Å². The maximum Gasteiger partial charge on any atom is 0.376 e. The van der Waals surface area contributed by atoms with Crippen molar-refractivity contribution >= 4 is 38.5 Å². The molecule has 0 bridgehead atoms. The van der Waals surface area contributed by atoms with Gasteiger partial charge >= 0.3 is 11.8 Å². The molecule has 208 valence electrons. The van der Waals surface area contributed by atoms with Gasteiger partial charge in [0.15, 0.2) is 16.8 Å². The van der Waals surface area contributed by atoms with E-state index in [0.717, 1.165) is 38.9 Å². The lowest BCUT2D eigenvalue weighted by atomic mass is 9.95.